The summed E-state index contributed by atoms with van der Waals surface area (Å²) < 4.78 is 80.5. The van der Waals surface area contributed by atoms with Crippen LogP contribution in [0, 0.1) is 0 Å². The standard InChI is InChI=1S/C23H21F6N5O4/c24-22(25,26)14-8-12(4-5-18(36)37)19(16(10-14)23(27,28)29)34-17(35)11-32-20(38)13-2-1-3-15(9-13)33-21-30-6-7-31-21/h1-3,8-10H,4-7,11H2,(H,32,38)(H,34,35)(H,36,37)(H2,30,31,33). The molecule has 0 aromatic heterocycles. The lowest BCUT2D eigenvalue weighted by molar-refractivity contribution is -0.142. The monoisotopic (exact) mass is 545 g/mol. The molecule has 0 bridgehead atoms. The molecule has 38 heavy (non-hydrogen) atoms. The van der Waals surface area contributed by atoms with Crippen molar-refractivity contribution < 1.29 is 45.8 Å². The van der Waals surface area contributed by atoms with Gasteiger partial charge in [-0.1, -0.05) is 6.07 Å². The number of aliphatic imine (C=N–C) groups is 1. The Morgan fingerprint density at radius 3 is 2.37 bits per heavy atom. The molecule has 1 aliphatic rings. The highest BCUT2D eigenvalue weighted by molar-refractivity contribution is 6.01. The number of carboxylic acid groups (broad SMARTS) is 1. The molecule has 0 unspecified atom stereocenters. The average molecular weight is 545 g/mol. The first-order valence-corrected chi connectivity index (χ1v) is 11.0. The summed E-state index contributed by atoms with van der Waals surface area (Å²) in [7, 11) is 0. The zero-order valence-corrected chi connectivity index (χ0v) is 19.4. The zero-order chi connectivity index (χ0) is 28.1. The number of alkyl halides is 6. The molecular weight excluding hydrogens is 524 g/mol. The Balaban J connectivity index is 1.78. The van der Waals surface area contributed by atoms with Crippen LogP contribution in [0.5, 0.6) is 0 Å². The SMILES string of the molecule is O=C(O)CCc1cc(C(F)(F)F)cc(C(F)(F)F)c1NC(=O)CNC(=O)c1cccc(NC2=NCCN2)c1. The summed E-state index contributed by atoms with van der Waals surface area (Å²) in [6.07, 6.45) is -12.0. The summed E-state index contributed by atoms with van der Waals surface area (Å²) in [5, 5.41) is 18.9. The number of carbonyl (C=O) groups excluding carboxylic acids is 2. The number of carboxylic acids is 1. The average Bonchev–Trinajstić information content (AvgIpc) is 3.33. The Morgan fingerprint density at radius 2 is 1.76 bits per heavy atom. The van der Waals surface area contributed by atoms with Crippen molar-refractivity contribution in [3.8, 4) is 0 Å². The lowest BCUT2D eigenvalue weighted by atomic mass is 9.98. The van der Waals surface area contributed by atoms with Crippen molar-refractivity contribution in [1.82, 2.24) is 10.6 Å². The van der Waals surface area contributed by atoms with Crippen molar-refractivity contribution in [2.75, 3.05) is 30.3 Å². The van der Waals surface area contributed by atoms with Crippen LogP contribution in [0.2, 0.25) is 0 Å². The second-order valence-corrected chi connectivity index (χ2v) is 8.04. The van der Waals surface area contributed by atoms with Gasteiger partial charge in [0, 0.05) is 24.2 Å². The first kappa shape index (κ1) is 28.3. The van der Waals surface area contributed by atoms with Gasteiger partial charge in [0.2, 0.25) is 5.91 Å². The van der Waals surface area contributed by atoms with Gasteiger partial charge in [0.25, 0.3) is 5.91 Å². The Morgan fingerprint density at radius 1 is 1.03 bits per heavy atom. The normalized spacial score (nSPS) is 13.4. The topological polar surface area (TPSA) is 132 Å². The van der Waals surface area contributed by atoms with Crippen LogP contribution in [0.15, 0.2) is 41.4 Å². The predicted molar refractivity (Wildman–Crippen MR) is 124 cm³/mol. The van der Waals surface area contributed by atoms with Crippen molar-refractivity contribution in [3.05, 3.63) is 58.7 Å². The lowest BCUT2D eigenvalue weighted by Gasteiger charge is -2.20. The van der Waals surface area contributed by atoms with E-state index in [1.54, 1.807) is 12.1 Å². The number of rotatable bonds is 8. The van der Waals surface area contributed by atoms with E-state index in [1.807, 2.05) is 5.32 Å². The van der Waals surface area contributed by atoms with Crippen LogP contribution in [-0.2, 0) is 28.4 Å². The molecule has 2 amide bonds. The number of benzene rings is 2. The molecule has 9 nitrogen and oxygen atoms in total. The van der Waals surface area contributed by atoms with Crippen molar-refractivity contribution in [2.24, 2.45) is 4.99 Å². The van der Waals surface area contributed by atoms with Gasteiger partial charge >= 0.3 is 18.3 Å². The minimum Gasteiger partial charge on any atom is -0.481 e. The van der Waals surface area contributed by atoms with E-state index in [1.165, 1.54) is 12.1 Å². The van der Waals surface area contributed by atoms with E-state index in [-0.39, 0.29) is 11.6 Å². The van der Waals surface area contributed by atoms with Gasteiger partial charge in [-0.15, -0.1) is 0 Å². The number of guanidine groups is 1. The summed E-state index contributed by atoms with van der Waals surface area (Å²) in [6, 6.07) is 6.24. The fourth-order valence-electron chi connectivity index (χ4n) is 3.48. The van der Waals surface area contributed by atoms with Crippen LogP contribution >= 0.6 is 0 Å². The number of halogens is 6. The number of nitrogens with zero attached hydrogens (tertiary/aromatic N) is 1. The molecule has 0 fully saturated rings. The molecule has 0 radical (unpaired) electrons. The molecular formula is C23H21F6N5O4. The van der Waals surface area contributed by atoms with E-state index < -0.39 is 71.9 Å². The van der Waals surface area contributed by atoms with Crippen LogP contribution in [0.25, 0.3) is 0 Å². The van der Waals surface area contributed by atoms with Crippen molar-refractivity contribution in [1.29, 1.82) is 0 Å². The van der Waals surface area contributed by atoms with Gasteiger partial charge < -0.3 is 26.4 Å². The highest BCUT2D eigenvalue weighted by Gasteiger charge is 2.40. The van der Waals surface area contributed by atoms with Gasteiger partial charge in [-0.05, 0) is 42.3 Å². The largest absolute Gasteiger partial charge is 0.481 e. The summed E-state index contributed by atoms with van der Waals surface area (Å²) in [4.78, 5) is 40.0. The van der Waals surface area contributed by atoms with Gasteiger partial charge in [0.1, 0.15) is 0 Å². The van der Waals surface area contributed by atoms with E-state index in [4.69, 9.17) is 5.11 Å². The van der Waals surface area contributed by atoms with Crippen LogP contribution < -0.4 is 21.3 Å². The number of nitrogens with one attached hydrogen (secondary N) is 4. The van der Waals surface area contributed by atoms with Gasteiger partial charge in [-0.3, -0.25) is 19.4 Å². The van der Waals surface area contributed by atoms with E-state index in [0.717, 1.165) is 0 Å². The Bertz CT molecular complexity index is 1260. The first-order chi connectivity index (χ1) is 17.7. The van der Waals surface area contributed by atoms with E-state index in [9.17, 15) is 40.7 Å². The third-order valence-electron chi connectivity index (χ3n) is 5.20. The number of anilines is 2. The number of amides is 2. The second-order valence-electron chi connectivity index (χ2n) is 8.04. The molecule has 2 aromatic rings. The maximum Gasteiger partial charge on any atom is 0.418 e. The quantitative estimate of drug-likeness (QED) is 0.323. The molecule has 0 aliphatic carbocycles. The molecule has 0 spiro atoms. The van der Waals surface area contributed by atoms with E-state index >= 15 is 0 Å². The van der Waals surface area contributed by atoms with E-state index in [0.29, 0.717) is 30.8 Å². The second kappa shape index (κ2) is 11.4. The van der Waals surface area contributed by atoms with Crippen LogP contribution in [-0.4, -0.2) is 48.5 Å². The highest BCUT2D eigenvalue weighted by Crippen LogP contribution is 2.41. The summed E-state index contributed by atoms with van der Waals surface area (Å²) >= 11 is 0. The Kier molecular flexibility index (Phi) is 8.48. The summed E-state index contributed by atoms with van der Waals surface area (Å²) in [6.45, 7) is 0.400. The minimum atomic E-state index is -5.31. The molecule has 5 N–H and O–H groups in total. The van der Waals surface area contributed by atoms with E-state index in [2.05, 4.69) is 20.9 Å². The van der Waals surface area contributed by atoms with Gasteiger partial charge in [-0.2, -0.15) is 26.3 Å². The molecule has 0 saturated carbocycles. The predicted octanol–water partition coefficient (Wildman–Crippen LogP) is 3.48. The Hall–Kier alpha value is -4.30. The van der Waals surface area contributed by atoms with Crippen molar-refractivity contribution in [2.45, 2.75) is 25.2 Å². The number of aliphatic carboxylic acids is 1. The van der Waals surface area contributed by atoms with Crippen LogP contribution in [0.4, 0.5) is 37.7 Å². The molecule has 2 aromatic carbocycles. The molecule has 3 rings (SSSR count). The van der Waals surface area contributed by atoms with Crippen molar-refractivity contribution >= 4 is 35.1 Å². The molecule has 1 heterocycles. The molecule has 204 valence electrons. The smallest absolute Gasteiger partial charge is 0.418 e. The molecule has 0 atom stereocenters. The summed E-state index contributed by atoms with van der Waals surface area (Å²) in [5.74, 6) is -2.88. The van der Waals surface area contributed by atoms with Gasteiger partial charge in [-0.25, -0.2) is 0 Å². The van der Waals surface area contributed by atoms with Gasteiger partial charge in [0.05, 0.1) is 29.9 Å². The maximum absolute atomic E-state index is 13.6. The fraction of sp³-hybridized carbons (Fsp3) is 0.304. The highest BCUT2D eigenvalue weighted by atomic mass is 19.4. The maximum atomic E-state index is 13.6. The van der Waals surface area contributed by atoms with Gasteiger partial charge in [0.15, 0.2) is 5.96 Å². The third-order valence-corrected chi connectivity index (χ3v) is 5.20. The molecule has 0 saturated heterocycles. The first-order valence-electron chi connectivity index (χ1n) is 11.0. The summed E-state index contributed by atoms with van der Waals surface area (Å²) in [5.41, 5.74) is -4.52. The number of hydrogen-bond donors (Lipinski definition) is 5. The van der Waals surface area contributed by atoms with Crippen molar-refractivity contribution in [3.63, 3.8) is 0 Å². The molecule has 15 heteroatoms. The zero-order valence-electron chi connectivity index (χ0n) is 19.4. The lowest BCUT2D eigenvalue weighted by Crippen LogP contribution is -2.33. The third kappa shape index (κ3) is 7.60. The number of aryl methyl sites for hydroxylation is 1. The number of hydrogen-bond acceptors (Lipinski definition) is 6. The Labute approximate surface area is 211 Å². The van der Waals surface area contributed by atoms with Crippen LogP contribution in [0.1, 0.15) is 33.5 Å². The minimum absolute atomic E-state index is 0.106. The fourth-order valence-corrected chi connectivity index (χ4v) is 3.48. The molecule has 1 aliphatic heterocycles. The van der Waals surface area contributed by atoms with Crippen LogP contribution in [0.3, 0.4) is 0 Å². The number of carbonyl (C=O) groups is 3.